The van der Waals surface area contributed by atoms with Crippen LogP contribution >= 0.6 is 23.2 Å². The van der Waals surface area contributed by atoms with Crippen LogP contribution in [0.4, 0.5) is 5.69 Å². The summed E-state index contributed by atoms with van der Waals surface area (Å²) >= 11 is 12.2. The van der Waals surface area contributed by atoms with Crippen LogP contribution in [0, 0.1) is 11.3 Å². The molecule has 1 aromatic heterocycles. The van der Waals surface area contributed by atoms with Crippen molar-refractivity contribution in [2.45, 2.75) is 6.54 Å². The number of phenolic OH excluding ortho intramolecular Hbond substituents is 1. The summed E-state index contributed by atoms with van der Waals surface area (Å²) < 4.78 is 2.04. The van der Waals surface area contributed by atoms with Crippen LogP contribution in [0.3, 0.4) is 0 Å². The lowest BCUT2D eigenvalue weighted by atomic mass is 10.1. The van der Waals surface area contributed by atoms with E-state index in [-0.39, 0.29) is 11.3 Å². The second kappa shape index (κ2) is 9.19. The molecule has 7 heteroatoms. The van der Waals surface area contributed by atoms with Crippen LogP contribution in [0.15, 0.2) is 78.5 Å². The fourth-order valence-electron chi connectivity index (χ4n) is 3.40. The molecule has 0 aliphatic rings. The van der Waals surface area contributed by atoms with Crippen LogP contribution in [0.25, 0.3) is 17.0 Å². The Balaban J connectivity index is 1.67. The number of halogens is 2. The van der Waals surface area contributed by atoms with Crippen molar-refractivity contribution >= 4 is 51.8 Å². The molecule has 0 atom stereocenters. The fraction of sp³-hybridized carbons (Fsp3) is 0.0400. The zero-order chi connectivity index (χ0) is 22.7. The lowest BCUT2D eigenvalue weighted by Gasteiger charge is -2.06. The van der Waals surface area contributed by atoms with Gasteiger partial charge in [0.25, 0.3) is 5.91 Å². The number of rotatable bonds is 5. The highest BCUT2D eigenvalue weighted by Crippen LogP contribution is 2.27. The van der Waals surface area contributed by atoms with Crippen molar-refractivity contribution in [1.29, 1.82) is 5.26 Å². The number of aromatic nitrogens is 1. The van der Waals surface area contributed by atoms with Crippen molar-refractivity contribution in [2.75, 3.05) is 5.32 Å². The number of carbonyl (C=O) groups is 1. The van der Waals surface area contributed by atoms with Crippen molar-refractivity contribution in [3.63, 3.8) is 0 Å². The largest absolute Gasteiger partial charge is 0.508 e. The predicted molar refractivity (Wildman–Crippen MR) is 128 cm³/mol. The summed E-state index contributed by atoms with van der Waals surface area (Å²) in [5.41, 5.74) is 3.13. The highest BCUT2D eigenvalue weighted by atomic mass is 35.5. The van der Waals surface area contributed by atoms with E-state index in [1.165, 1.54) is 12.1 Å². The number of anilines is 1. The van der Waals surface area contributed by atoms with Gasteiger partial charge >= 0.3 is 0 Å². The number of benzene rings is 3. The number of hydrogen-bond donors (Lipinski definition) is 2. The number of carbonyl (C=O) groups excluding carboxylic acids is 1. The van der Waals surface area contributed by atoms with Gasteiger partial charge in [-0.15, -0.1) is 0 Å². The van der Waals surface area contributed by atoms with Crippen LogP contribution in [-0.2, 0) is 11.3 Å². The van der Waals surface area contributed by atoms with Crippen molar-refractivity contribution < 1.29 is 9.90 Å². The average molecular weight is 462 g/mol. The normalized spacial score (nSPS) is 11.3. The quantitative estimate of drug-likeness (QED) is 0.209. The third-order valence-corrected chi connectivity index (χ3v) is 5.69. The Morgan fingerprint density at radius 3 is 2.53 bits per heavy atom. The Kier molecular flexibility index (Phi) is 6.18. The van der Waals surface area contributed by atoms with E-state index in [2.05, 4.69) is 5.32 Å². The fourth-order valence-corrected chi connectivity index (χ4v) is 3.72. The zero-order valence-corrected chi connectivity index (χ0v) is 18.2. The van der Waals surface area contributed by atoms with Gasteiger partial charge in [0.1, 0.15) is 17.4 Å². The van der Waals surface area contributed by atoms with Gasteiger partial charge in [0.05, 0.1) is 10.0 Å². The molecule has 0 saturated carbocycles. The van der Waals surface area contributed by atoms with Crippen LogP contribution in [-0.4, -0.2) is 15.6 Å². The Bertz CT molecular complexity index is 1380. The third kappa shape index (κ3) is 4.62. The second-order valence-electron chi connectivity index (χ2n) is 7.15. The molecule has 0 saturated heterocycles. The van der Waals surface area contributed by atoms with Crippen molar-refractivity contribution in [1.82, 2.24) is 4.57 Å². The molecule has 0 fully saturated rings. The summed E-state index contributed by atoms with van der Waals surface area (Å²) in [4.78, 5) is 12.6. The van der Waals surface area contributed by atoms with Crippen LogP contribution in [0.2, 0.25) is 10.0 Å². The molecule has 0 bridgehead atoms. The summed E-state index contributed by atoms with van der Waals surface area (Å²) in [6, 6.07) is 21.3. The number of nitrogens with one attached hydrogen (secondary N) is 1. The number of hydrogen-bond acceptors (Lipinski definition) is 3. The second-order valence-corrected chi connectivity index (χ2v) is 7.96. The van der Waals surface area contributed by atoms with E-state index in [0.717, 1.165) is 22.0 Å². The van der Waals surface area contributed by atoms with E-state index in [0.29, 0.717) is 22.3 Å². The van der Waals surface area contributed by atoms with Gasteiger partial charge in [0.15, 0.2) is 0 Å². The number of para-hydroxylation sites is 1. The SMILES string of the molecule is N#CC(=Cc1cn(Cc2ccc(Cl)c(Cl)c2)c2ccccc12)C(=O)Nc1ccc(O)cc1. The molecule has 4 aromatic rings. The van der Waals surface area contributed by atoms with E-state index in [4.69, 9.17) is 23.2 Å². The number of nitrogens with zero attached hydrogens (tertiary/aromatic N) is 2. The van der Waals surface area contributed by atoms with Crippen molar-refractivity contribution in [2.24, 2.45) is 0 Å². The van der Waals surface area contributed by atoms with E-state index in [9.17, 15) is 15.2 Å². The smallest absolute Gasteiger partial charge is 0.266 e. The maximum absolute atomic E-state index is 12.6. The first kappa shape index (κ1) is 21.5. The van der Waals surface area contributed by atoms with Gasteiger partial charge in [-0.3, -0.25) is 4.79 Å². The Morgan fingerprint density at radius 1 is 1.06 bits per heavy atom. The summed E-state index contributed by atoms with van der Waals surface area (Å²) in [6.45, 7) is 0.548. The van der Waals surface area contributed by atoms with E-state index in [1.54, 1.807) is 24.3 Å². The lowest BCUT2D eigenvalue weighted by molar-refractivity contribution is -0.112. The molecule has 0 radical (unpaired) electrons. The first-order valence-corrected chi connectivity index (χ1v) is 10.4. The minimum absolute atomic E-state index is 0.0319. The minimum Gasteiger partial charge on any atom is -0.508 e. The maximum Gasteiger partial charge on any atom is 0.266 e. The van der Waals surface area contributed by atoms with E-state index < -0.39 is 5.91 Å². The molecule has 0 unspecified atom stereocenters. The number of fused-ring (bicyclic) bond motifs is 1. The number of phenols is 1. The van der Waals surface area contributed by atoms with E-state index >= 15 is 0 Å². The van der Waals surface area contributed by atoms with Crippen LogP contribution < -0.4 is 5.32 Å². The van der Waals surface area contributed by atoms with Gasteiger partial charge in [0.2, 0.25) is 0 Å². The number of amides is 1. The van der Waals surface area contributed by atoms with Crippen molar-refractivity contribution in [3.8, 4) is 11.8 Å². The number of nitriles is 1. The Morgan fingerprint density at radius 2 is 1.81 bits per heavy atom. The summed E-state index contributed by atoms with van der Waals surface area (Å²) in [5.74, 6) is -0.437. The zero-order valence-electron chi connectivity index (χ0n) is 16.7. The molecule has 2 N–H and O–H groups in total. The Hall–Kier alpha value is -3.72. The monoisotopic (exact) mass is 461 g/mol. The lowest BCUT2D eigenvalue weighted by Crippen LogP contribution is -2.13. The first-order chi connectivity index (χ1) is 15.4. The molecule has 5 nitrogen and oxygen atoms in total. The van der Waals surface area contributed by atoms with Crippen LogP contribution in [0.5, 0.6) is 5.75 Å². The highest BCUT2D eigenvalue weighted by molar-refractivity contribution is 6.42. The third-order valence-electron chi connectivity index (χ3n) is 4.95. The van der Waals surface area contributed by atoms with Gasteiger partial charge in [0, 0.05) is 34.9 Å². The molecule has 1 heterocycles. The molecule has 0 aliphatic heterocycles. The van der Waals surface area contributed by atoms with Crippen LogP contribution in [0.1, 0.15) is 11.1 Å². The van der Waals surface area contributed by atoms with Crippen molar-refractivity contribution in [3.05, 3.63) is 99.7 Å². The topological polar surface area (TPSA) is 78.0 Å². The molecule has 1 amide bonds. The average Bonchev–Trinajstić information content (AvgIpc) is 3.13. The van der Waals surface area contributed by atoms with Gasteiger partial charge in [-0.25, -0.2) is 0 Å². The molecule has 158 valence electrons. The standard InChI is InChI=1S/C25H17Cl2N3O2/c26-22-10-5-16(11-23(22)27)14-30-15-18(21-3-1-2-4-24(21)30)12-17(13-28)25(32)29-19-6-8-20(31)9-7-19/h1-12,15,31H,14H2,(H,29,32). The van der Waals surface area contributed by atoms with Gasteiger partial charge in [-0.1, -0.05) is 47.5 Å². The predicted octanol–water partition coefficient (Wildman–Crippen LogP) is 6.25. The van der Waals surface area contributed by atoms with Gasteiger partial charge in [-0.2, -0.15) is 5.26 Å². The molecule has 3 aromatic carbocycles. The number of aromatic hydroxyl groups is 1. The highest BCUT2D eigenvalue weighted by Gasteiger charge is 2.13. The molecular formula is C25H17Cl2N3O2. The van der Waals surface area contributed by atoms with Gasteiger partial charge in [-0.05, 0) is 54.1 Å². The molecule has 0 spiro atoms. The molecule has 32 heavy (non-hydrogen) atoms. The summed E-state index contributed by atoms with van der Waals surface area (Å²) in [7, 11) is 0. The molecular weight excluding hydrogens is 445 g/mol. The van der Waals surface area contributed by atoms with Gasteiger partial charge < -0.3 is 15.0 Å². The summed E-state index contributed by atoms with van der Waals surface area (Å²) in [6.07, 6.45) is 3.47. The minimum atomic E-state index is -0.528. The van der Waals surface area contributed by atoms with E-state index in [1.807, 2.05) is 53.2 Å². The first-order valence-electron chi connectivity index (χ1n) is 9.68. The summed E-state index contributed by atoms with van der Waals surface area (Å²) in [5, 5.41) is 23.5. The maximum atomic E-state index is 12.6. The molecule has 0 aliphatic carbocycles. The Labute approximate surface area is 194 Å². The molecule has 4 rings (SSSR count).